The van der Waals surface area contributed by atoms with E-state index in [1.165, 1.54) is 0 Å². The molecule has 3 nitrogen and oxygen atoms in total. The van der Waals surface area contributed by atoms with Crippen LogP contribution in [-0.2, 0) is 4.79 Å². The molecule has 0 saturated heterocycles. The first-order valence-corrected chi connectivity index (χ1v) is 6.05. The molecule has 0 aliphatic rings. The maximum atomic E-state index is 11.8. The van der Waals surface area contributed by atoms with Crippen LogP contribution in [0.1, 0.15) is 47.5 Å². The van der Waals surface area contributed by atoms with Crippen molar-refractivity contribution in [2.75, 3.05) is 13.1 Å². The third-order valence-corrected chi connectivity index (χ3v) is 2.68. The molecule has 1 N–H and O–H groups in total. The van der Waals surface area contributed by atoms with Gasteiger partial charge in [0, 0.05) is 31.6 Å². The zero-order valence-electron chi connectivity index (χ0n) is 10.8. The van der Waals surface area contributed by atoms with Crippen molar-refractivity contribution in [3.8, 4) is 0 Å². The Morgan fingerprint density at radius 3 is 2.27 bits per heavy atom. The van der Waals surface area contributed by atoms with Gasteiger partial charge in [-0.1, -0.05) is 20.8 Å². The minimum atomic E-state index is 0.264. The summed E-state index contributed by atoms with van der Waals surface area (Å²) in [5.74, 6) is 0.264. The van der Waals surface area contributed by atoms with E-state index in [4.69, 9.17) is 0 Å². The molecule has 0 aliphatic heterocycles. The van der Waals surface area contributed by atoms with E-state index in [1.54, 1.807) is 0 Å². The predicted molar refractivity (Wildman–Crippen MR) is 64.9 cm³/mol. The number of nitrogens with zero attached hydrogens (tertiary/aromatic N) is 1. The largest absolute Gasteiger partial charge is 0.340 e. The van der Waals surface area contributed by atoms with Crippen LogP contribution in [0.4, 0.5) is 0 Å². The second-order valence-corrected chi connectivity index (χ2v) is 4.30. The van der Waals surface area contributed by atoms with Crippen LogP contribution < -0.4 is 5.32 Å². The molecule has 0 radical (unpaired) electrons. The van der Waals surface area contributed by atoms with E-state index in [-0.39, 0.29) is 5.91 Å². The van der Waals surface area contributed by atoms with Crippen LogP contribution in [0.15, 0.2) is 0 Å². The summed E-state index contributed by atoms with van der Waals surface area (Å²) in [6.45, 7) is 12.1. The van der Waals surface area contributed by atoms with Gasteiger partial charge in [0.2, 0.25) is 5.91 Å². The smallest absolute Gasteiger partial charge is 0.224 e. The molecule has 0 rings (SSSR count). The summed E-state index contributed by atoms with van der Waals surface area (Å²) in [6, 6.07) is 0.818. The molecule has 0 fully saturated rings. The Labute approximate surface area is 94.2 Å². The van der Waals surface area contributed by atoms with Crippen molar-refractivity contribution in [2.45, 2.75) is 59.5 Å². The lowest BCUT2D eigenvalue weighted by atomic mass is 10.2. The van der Waals surface area contributed by atoms with Crippen molar-refractivity contribution < 1.29 is 4.79 Å². The highest BCUT2D eigenvalue weighted by atomic mass is 16.2. The number of rotatable bonds is 7. The Hall–Kier alpha value is -0.570. The van der Waals surface area contributed by atoms with Crippen molar-refractivity contribution >= 4 is 5.91 Å². The highest BCUT2D eigenvalue weighted by Gasteiger charge is 2.16. The van der Waals surface area contributed by atoms with Crippen molar-refractivity contribution in [1.82, 2.24) is 10.2 Å². The molecule has 1 atom stereocenters. The second-order valence-electron chi connectivity index (χ2n) is 4.30. The van der Waals surface area contributed by atoms with Crippen molar-refractivity contribution in [3.05, 3.63) is 0 Å². The quantitative estimate of drug-likeness (QED) is 0.703. The molecule has 1 unspecified atom stereocenters. The first-order chi connectivity index (χ1) is 7.02. The Morgan fingerprint density at radius 2 is 1.87 bits per heavy atom. The summed E-state index contributed by atoms with van der Waals surface area (Å²) in [5, 5.41) is 3.26. The van der Waals surface area contributed by atoms with Gasteiger partial charge in [0.05, 0.1) is 0 Å². The lowest BCUT2D eigenvalue weighted by molar-refractivity contribution is -0.132. The number of hydrogen-bond acceptors (Lipinski definition) is 2. The minimum Gasteiger partial charge on any atom is -0.340 e. The summed E-state index contributed by atoms with van der Waals surface area (Å²) in [6.07, 6.45) is 1.63. The van der Waals surface area contributed by atoms with Crippen LogP contribution in [0.3, 0.4) is 0 Å². The van der Waals surface area contributed by atoms with E-state index in [0.29, 0.717) is 18.5 Å². The topological polar surface area (TPSA) is 32.3 Å². The summed E-state index contributed by atoms with van der Waals surface area (Å²) in [7, 11) is 0. The molecule has 90 valence electrons. The van der Waals surface area contributed by atoms with Gasteiger partial charge < -0.3 is 10.2 Å². The van der Waals surface area contributed by atoms with Crippen molar-refractivity contribution in [3.63, 3.8) is 0 Å². The average Bonchev–Trinajstić information content (AvgIpc) is 2.18. The zero-order valence-corrected chi connectivity index (χ0v) is 10.8. The van der Waals surface area contributed by atoms with Gasteiger partial charge in [-0.3, -0.25) is 4.79 Å². The van der Waals surface area contributed by atoms with Crippen LogP contribution in [0.2, 0.25) is 0 Å². The normalized spacial score (nSPS) is 12.9. The monoisotopic (exact) mass is 214 g/mol. The Bertz CT molecular complexity index is 180. The summed E-state index contributed by atoms with van der Waals surface area (Å²) >= 11 is 0. The number of amides is 1. The number of hydrogen-bond donors (Lipinski definition) is 1. The highest BCUT2D eigenvalue weighted by molar-refractivity contribution is 5.76. The predicted octanol–water partition coefficient (Wildman–Crippen LogP) is 2.02. The van der Waals surface area contributed by atoms with Gasteiger partial charge in [-0.05, 0) is 20.3 Å². The van der Waals surface area contributed by atoms with E-state index in [9.17, 15) is 4.79 Å². The number of carbonyl (C=O) groups excluding carboxylic acids is 1. The lowest BCUT2D eigenvalue weighted by Crippen LogP contribution is -2.39. The van der Waals surface area contributed by atoms with Gasteiger partial charge in [-0.2, -0.15) is 0 Å². The summed E-state index contributed by atoms with van der Waals surface area (Å²) in [4.78, 5) is 13.8. The molecule has 0 spiro atoms. The fraction of sp³-hybridized carbons (Fsp3) is 0.917. The Balaban J connectivity index is 3.94. The standard InChI is InChI=1S/C12H26N2O/c1-6-11(5)14(7-2)12(15)8-9-13-10(3)4/h10-11,13H,6-9H2,1-5H3. The van der Waals surface area contributed by atoms with Gasteiger partial charge in [0.15, 0.2) is 0 Å². The summed E-state index contributed by atoms with van der Waals surface area (Å²) < 4.78 is 0. The van der Waals surface area contributed by atoms with E-state index in [2.05, 4.69) is 33.0 Å². The van der Waals surface area contributed by atoms with E-state index < -0.39 is 0 Å². The number of carbonyl (C=O) groups is 1. The van der Waals surface area contributed by atoms with Crippen LogP contribution in [0.5, 0.6) is 0 Å². The Morgan fingerprint density at radius 1 is 1.27 bits per heavy atom. The summed E-state index contributed by atoms with van der Waals surface area (Å²) in [5.41, 5.74) is 0. The molecule has 15 heavy (non-hydrogen) atoms. The maximum Gasteiger partial charge on any atom is 0.224 e. The van der Waals surface area contributed by atoms with Gasteiger partial charge in [-0.25, -0.2) is 0 Å². The first kappa shape index (κ1) is 14.4. The first-order valence-electron chi connectivity index (χ1n) is 6.05. The zero-order chi connectivity index (χ0) is 11.8. The van der Waals surface area contributed by atoms with Crippen molar-refractivity contribution in [2.24, 2.45) is 0 Å². The van der Waals surface area contributed by atoms with E-state index in [0.717, 1.165) is 19.5 Å². The maximum absolute atomic E-state index is 11.8. The molecule has 3 heteroatoms. The molecule has 0 aromatic carbocycles. The molecule has 1 amide bonds. The van der Waals surface area contributed by atoms with Crippen LogP contribution in [0, 0.1) is 0 Å². The SMILES string of the molecule is CCC(C)N(CC)C(=O)CCNC(C)C. The van der Waals surface area contributed by atoms with Gasteiger partial charge in [0.25, 0.3) is 0 Å². The molecule has 0 aromatic rings. The molecule has 0 aromatic heterocycles. The van der Waals surface area contributed by atoms with E-state index in [1.807, 2.05) is 11.8 Å². The third kappa shape index (κ3) is 5.78. The minimum absolute atomic E-state index is 0.264. The third-order valence-electron chi connectivity index (χ3n) is 2.68. The van der Waals surface area contributed by atoms with E-state index >= 15 is 0 Å². The fourth-order valence-corrected chi connectivity index (χ4v) is 1.57. The lowest BCUT2D eigenvalue weighted by Gasteiger charge is -2.27. The molecule has 0 saturated carbocycles. The molecule has 0 aliphatic carbocycles. The van der Waals surface area contributed by atoms with Gasteiger partial charge in [0.1, 0.15) is 0 Å². The van der Waals surface area contributed by atoms with Crippen LogP contribution >= 0.6 is 0 Å². The van der Waals surface area contributed by atoms with Gasteiger partial charge >= 0.3 is 0 Å². The van der Waals surface area contributed by atoms with Crippen LogP contribution in [0.25, 0.3) is 0 Å². The highest BCUT2D eigenvalue weighted by Crippen LogP contribution is 2.05. The van der Waals surface area contributed by atoms with Crippen LogP contribution in [-0.4, -0.2) is 36.0 Å². The molecular formula is C12H26N2O. The molecular weight excluding hydrogens is 188 g/mol. The fourth-order valence-electron chi connectivity index (χ4n) is 1.57. The van der Waals surface area contributed by atoms with Crippen molar-refractivity contribution in [1.29, 1.82) is 0 Å². The molecule has 0 bridgehead atoms. The second kappa shape index (κ2) is 7.69. The molecule has 0 heterocycles. The average molecular weight is 214 g/mol. The Kier molecular flexibility index (Phi) is 7.39. The number of nitrogens with one attached hydrogen (secondary N) is 1. The van der Waals surface area contributed by atoms with Gasteiger partial charge in [-0.15, -0.1) is 0 Å².